The Balaban J connectivity index is 2.10. The van der Waals surface area contributed by atoms with E-state index in [4.69, 9.17) is 5.26 Å². The molecule has 2 rings (SSSR count). The molecule has 1 fully saturated rings. The van der Waals surface area contributed by atoms with E-state index in [1.807, 2.05) is 0 Å². The number of nitrogens with one attached hydrogen (secondary N) is 1. The zero-order valence-corrected chi connectivity index (χ0v) is 12.2. The first-order valence-electron chi connectivity index (χ1n) is 6.81. The first-order chi connectivity index (χ1) is 9.94. The minimum Gasteiger partial charge on any atom is -0.393 e. The summed E-state index contributed by atoms with van der Waals surface area (Å²) in [5.41, 5.74) is -0.310. The monoisotopic (exact) mass is 312 g/mol. The minimum absolute atomic E-state index is 0.107. The lowest BCUT2D eigenvalue weighted by Gasteiger charge is -2.27. The second-order valence-electron chi connectivity index (χ2n) is 5.22. The smallest absolute Gasteiger partial charge is 0.240 e. The zero-order chi connectivity index (χ0) is 15.5. The van der Waals surface area contributed by atoms with Gasteiger partial charge in [-0.3, -0.25) is 0 Å². The van der Waals surface area contributed by atoms with Crippen molar-refractivity contribution in [3.63, 3.8) is 0 Å². The molecular weight excluding hydrogens is 295 g/mol. The lowest BCUT2D eigenvalue weighted by molar-refractivity contribution is 0.0724. The highest BCUT2D eigenvalue weighted by molar-refractivity contribution is 7.89. The Morgan fingerprint density at radius 2 is 2.10 bits per heavy atom. The molecule has 1 aliphatic carbocycles. The van der Waals surface area contributed by atoms with Crippen LogP contribution in [-0.4, -0.2) is 26.2 Å². The maximum Gasteiger partial charge on any atom is 0.240 e. The van der Waals surface area contributed by atoms with Gasteiger partial charge in [-0.05, 0) is 37.0 Å². The number of hydrogen-bond donors (Lipinski definition) is 2. The second-order valence-corrected chi connectivity index (χ2v) is 6.98. The molecule has 0 aliphatic heterocycles. The van der Waals surface area contributed by atoms with E-state index >= 15 is 0 Å². The van der Waals surface area contributed by atoms with Crippen LogP contribution in [0.3, 0.4) is 0 Å². The number of halogens is 1. The van der Waals surface area contributed by atoms with Crippen LogP contribution in [0.5, 0.6) is 0 Å². The van der Waals surface area contributed by atoms with Crippen LogP contribution < -0.4 is 4.72 Å². The lowest BCUT2D eigenvalue weighted by atomic mass is 9.87. The molecule has 0 amide bonds. The second kappa shape index (κ2) is 6.52. The van der Waals surface area contributed by atoms with E-state index in [0.29, 0.717) is 6.42 Å². The van der Waals surface area contributed by atoms with E-state index in [2.05, 4.69) is 4.72 Å². The van der Waals surface area contributed by atoms with E-state index in [0.717, 1.165) is 37.5 Å². The van der Waals surface area contributed by atoms with Crippen molar-refractivity contribution in [3.8, 4) is 6.07 Å². The van der Waals surface area contributed by atoms with Crippen molar-refractivity contribution in [2.24, 2.45) is 5.92 Å². The molecule has 2 unspecified atom stereocenters. The van der Waals surface area contributed by atoms with Gasteiger partial charge in [-0.2, -0.15) is 5.26 Å². The van der Waals surface area contributed by atoms with Gasteiger partial charge in [0.15, 0.2) is 0 Å². The van der Waals surface area contributed by atoms with Gasteiger partial charge in [0.2, 0.25) is 10.0 Å². The highest BCUT2D eigenvalue weighted by atomic mass is 32.2. The molecule has 0 saturated heterocycles. The van der Waals surface area contributed by atoms with Crippen LogP contribution in [0.25, 0.3) is 0 Å². The van der Waals surface area contributed by atoms with Crippen LogP contribution in [-0.2, 0) is 10.0 Å². The number of nitrogens with zero attached hydrogens (tertiary/aromatic N) is 1. The maximum absolute atomic E-state index is 13.2. The third kappa shape index (κ3) is 3.79. The van der Waals surface area contributed by atoms with Crippen molar-refractivity contribution in [1.82, 2.24) is 4.72 Å². The van der Waals surface area contributed by atoms with Crippen molar-refractivity contribution in [2.45, 2.75) is 36.7 Å². The third-order valence-corrected chi connectivity index (χ3v) is 5.19. The standard InChI is InChI=1S/C14H17FN2O3S/c15-13-6-5-12(7-11(13)8-16)21(19,20)17-9-10-3-1-2-4-14(10)18/h5-7,10,14,17-18H,1-4,9H2. The zero-order valence-electron chi connectivity index (χ0n) is 11.4. The molecule has 0 radical (unpaired) electrons. The molecule has 0 bridgehead atoms. The molecule has 1 saturated carbocycles. The molecule has 1 aromatic rings. The molecule has 5 nitrogen and oxygen atoms in total. The van der Waals surface area contributed by atoms with Crippen molar-refractivity contribution < 1.29 is 17.9 Å². The number of aliphatic hydroxyl groups excluding tert-OH is 1. The van der Waals surface area contributed by atoms with Gasteiger partial charge in [0.1, 0.15) is 11.9 Å². The summed E-state index contributed by atoms with van der Waals surface area (Å²) >= 11 is 0. The Morgan fingerprint density at radius 1 is 1.38 bits per heavy atom. The summed E-state index contributed by atoms with van der Waals surface area (Å²) in [6, 6.07) is 4.70. The molecule has 0 heterocycles. The minimum atomic E-state index is -3.81. The van der Waals surface area contributed by atoms with E-state index in [-0.39, 0.29) is 22.9 Å². The Hall–Kier alpha value is -1.49. The highest BCUT2D eigenvalue weighted by Gasteiger charge is 2.25. The predicted octanol–water partition coefficient (Wildman–Crippen LogP) is 1.53. The normalized spacial score (nSPS) is 22.7. The number of nitriles is 1. The lowest BCUT2D eigenvalue weighted by Crippen LogP contribution is -2.36. The molecular formula is C14H17FN2O3S. The summed E-state index contributed by atoms with van der Waals surface area (Å²) in [5.74, 6) is -0.858. The Morgan fingerprint density at radius 3 is 2.76 bits per heavy atom. The van der Waals surface area contributed by atoms with Crippen LogP contribution in [0.4, 0.5) is 4.39 Å². The van der Waals surface area contributed by atoms with Crippen molar-refractivity contribution in [1.29, 1.82) is 5.26 Å². The molecule has 114 valence electrons. The maximum atomic E-state index is 13.2. The van der Waals surface area contributed by atoms with E-state index in [9.17, 15) is 17.9 Å². The van der Waals surface area contributed by atoms with Gasteiger partial charge < -0.3 is 5.11 Å². The molecule has 2 atom stereocenters. The summed E-state index contributed by atoms with van der Waals surface area (Å²) in [5, 5.41) is 18.6. The average Bonchev–Trinajstić information content (AvgIpc) is 2.46. The number of rotatable bonds is 4. The number of benzene rings is 1. The van der Waals surface area contributed by atoms with E-state index < -0.39 is 21.9 Å². The number of aliphatic hydroxyl groups is 1. The van der Waals surface area contributed by atoms with Crippen LogP contribution in [0.2, 0.25) is 0 Å². The number of sulfonamides is 1. The highest BCUT2D eigenvalue weighted by Crippen LogP contribution is 2.24. The Kier molecular flexibility index (Phi) is 4.93. The fourth-order valence-corrected chi connectivity index (χ4v) is 3.60. The van der Waals surface area contributed by atoms with Gasteiger partial charge >= 0.3 is 0 Å². The Bertz CT molecular complexity index is 655. The van der Waals surface area contributed by atoms with Crippen molar-refractivity contribution in [2.75, 3.05) is 6.54 Å². The third-order valence-electron chi connectivity index (χ3n) is 3.77. The molecule has 0 aromatic heterocycles. The molecule has 0 spiro atoms. The largest absolute Gasteiger partial charge is 0.393 e. The summed E-state index contributed by atoms with van der Waals surface area (Å²) < 4.78 is 39.9. The van der Waals surface area contributed by atoms with Gasteiger partial charge in [-0.25, -0.2) is 17.5 Å². The fourth-order valence-electron chi connectivity index (χ4n) is 2.48. The quantitative estimate of drug-likeness (QED) is 0.882. The summed E-state index contributed by atoms with van der Waals surface area (Å²) in [6.07, 6.45) is 2.88. The SMILES string of the molecule is N#Cc1cc(S(=O)(=O)NCC2CCCCC2O)ccc1F. The predicted molar refractivity (Wildman–Crippen MR) is 74.3 cm³/mol. The molecule has 21 heavy (non-hydrogen) atoms. The van der Waals surface area contributed by atoms with Gasteiger partial charge in [0.25, 0.3) is 0 Å². The van der Waals surface area contributed by atoms with Crippen LogP contribution >= 0.6 is 0 Å². The van der Waals surface area contributed by atoms with E-state index in [1.54, 1.807) is 6.07 Å². The first kappa shape index (κ1) is 15.9. The molecule has 1 aliphatic rings. The van der Waals surface area contributed by atoms with Crippen molar-refractivity contribution >= 4 is 10.0 Å². The summed E-state index contributed by atoms with van der Waals surface area (Å²) in [7, 11) is -3.81. The number of hydrogen-bond acceptors (Lipinski definition) is 4. The molecule has 7 heteroatoms. The summed E-state index contributed by atoms with van der Waals surface area (Å²) in [6.45, 7) is 0.142. The molecule has 2 N–H and O–H groups in total. The van der Waals surface area contributed by atoms with Gasteiger partial charge in [-0.15, -0.1) is 0 Å². The fraction of sp³-hybridized carbons (Fsp3) is 0.500. The van der Waals surface area contributed by atoms with Gasteiger partial charge in [0.05, 0.1) is 16.6 Å². The summed E-state index contributed by atoms with van der Waals surface area (Å²) in [4.78, 5) is -0.147. The topological polar surface area (TPSA) is 90.2 Å². The van der Waals surface area contributed by atoms with E-state index in [1.165, 1.54) is 0 Å². The van der Waals surface area contributed by atoms with Gasteiger partial charge in [-0.1, -0.05) is 12.8 Å². The average molecular weight is 312 g/mol. The van der Waals surface area contributed by atoms with Crippen LogP contribution in [0.15, 0.2) is 23.1 Å². The van der Waals surface area contributed by atoms with Crippen LogP contribution in [0.1, 0.15) is 31.2 Å². The first-order valence-corrected chi connectivity index (χ1v) is 8.30. The van der Waals surface area contributed by atoms with Crippen LogP contribution in [0, 0.1) is 23.1 Å². The molecule has 1 aromatic carbocycles. The van der Waals surface area contributed by atoms with Crippen molar-refractivity contribution in [3.05, 3.63) is 29.6 Å². The van der Waals surface area contributed by atoms with Gasteiger partial charge in [0, 0.05) is 6.54 Å². The Labute approximate surface area is 123 Å².